The Morgan fingerprint density at radius 1 is 1.29 bits per heavy atom. The Bertz CT molecular complexity index is 822. The van der Waals surface area contributed by atoms with Gasteiger partial charge in [-0.25, -0.2) is 9.48 Å². The van der Waals surface area contributed by atoms with Crippen molar-refractivity contribution in [3.63, 3.8) is 0 Å². The summed E-state index contributed by atoms with van der Waals surface area (Å²) in [6.45, 7) is 3.61. The molecule has 122 valence electrons. The number of aromatic nitrogens is 2. The van der Waals surface area contributed by atoms with Gasteiger partial charge in [-0.2, -0.15) is 15.6 Å². The molecule has 1 aromatic carbocycles. The summed E-state index contributed by atoms with van der Waals surface area (Å²) in [5.41, 5.74) is 6.66. The van der Waals surface area contributed by atoms with Crippen molar-refractivity contribution >= 4 is 6.09 Å². The zero-order chi connectivity index (χ0) is 17.7. The smallest absolute Gasteiger partial charge is 0.405 e. The van der Waals surface area contributed by atoms with Crippen molar-refractivity contribution in [2.75, 3.05) is 0 Å². The molecule has 0 unspecified atom stereocenters. The van der Waals surface area contributed by atoms with Gasteiger partial charge in [-0.3, -0.25) is 0 Å². The molecule has 7 nitrogen and oxygen atoms in total. The van der Waals surface area contributed by atoms with E-state index in [0.29, 0.717) is 24.2 Å². The molecule has 7 heteroatoms. The Kier molecular flexibility index (Phi) is 4.86. The average Bonchev–Trinajstić information content (AvgIpc) is 2.96. The summed E-state index contributed by atoms with van der Waals surface area (Å²) < 4.78 is 6.49. The monoisotopic (exact) mass is 323 g/mol. The Balaban J connectivity index is 2.12. The normalized spacial score (nSPS) is 10.7. The van der Waals surface area contributed by atoms with E-state index in [1.807, 2.05) is 36.4 Å². The van der Waals surface area contributed by atoms with Crippen LogP contribution in [0.3, 0.4) is 0 Å². The van der Waals surface area contributed by atoms with Crippen molar-refractivity contribution in [1.29, 1.82) is 10.5 Å². The van der Waals surface area contributed by atoms with E-state index in [2.05, 4.69) is 5.10 Å². The lowest BCUT2D eigenvalue weighted by Gasteiger charge is -2.23. The second-order valence-electron chi connectivity index (χ2n) is 5.90. The van der Waals surface area contributed by atoms with Gasteiger partial charge in [0, 0.05) is 6.07 Å². The molecule has 24 heavy (non-hydrogen) atoms. The first-order chi connectivity index (χ1) is 11.3. The summed E-state index contributed by atoms with van der Waals surface area (Å²) in [4.78, 5) is 10.9. The van der Waals surface area contributed by atoms with Crippen LogP contribution in [0.2, 0.25) is 0 Å². The zero-order valence-electron chi connectivity index (χ0n) is 13.5. The van der Waals surface area contributed by atoms with Gasteiger partial charge < -0.3 is 10.5 Å². The summed E-state index contributed by atoms with van der Waals surface area (Å²) in [6, 6.07) is 12.8. The fraction of sp³-hybridized carbons (Fsp3) is 0.294. The Morgan fingerprint density at radius 2 is 1.96 bits per heavy atom. The second-order valence-corrected chi connectivity index (χ2v) is 5.90. The van der Waals surface area contributed by atoms with E-state index in [0.717, 1.165) is 5.56 Å². The van der Waals surface area contributed by atoms with Crippen LogP contribution in [0.25, 0.3) is 5.69 Å². The standard InChI is InChI=1S/C17H17N5O2/c1-17(2,24-16(20)23)8-7-12-3-5-14(6-4-12)22-15(11-19)9-13(10-18)21-22/h3-6,9H,7-8H2,1-2H3,(H2,20,23). The summed E-state index contributed by atoms with van der Waals surface area (Å²) in [5.74, 6) is 0. The first-order valence-electron chi connectivity index (χ1n) is 7.32. The minimum absolute atomic E-state index is 0.195. The Morgan fingerprint density at radius 3 is 2.50 bits per heavy atom. The van der Waals surface area contributed by atoms with E-state index >= 15 is 0 Å². The van der Waals surface area contributed by atoms with Gasteiger partial charge in [0.15, 0.2) is 5.69 Å². The van der Waals surface area contributed by atoms with Crippen LogP contribution < -0.4 is 5.73 Å². The minimum Gasteiger partial charge on any atom is -0.444 e. The molecule has 2 rings (SSSR count). The van der Waals surface area contributed by atoms with Crippen LogP contribution in [0.4, 0.5) is 4.79 Å². The molecule has 0 aliphatic rings. The predicted molar refractivity (Wildman–Crippen MR) is 86.1 cm³/mol. The first-order valence-corrected chi connectivity index (χ1v) is 7.32. The maximum Gasteiger partial charge on any atom is 0.405 e. The van der Waals surface area contributed by atoms with E-state index < -0.39 is 11.7 Å². The number of ether oxygens (including phenoxy) is 1. The number of nitrogens with two attached hydrogens (primary N) is 1. The molecule has 0 aliphatic carbocycles. The van der Waals surface area contributed by atoms with Gasteiger partial charge in [0.05, 0.1) is 5.69 Å². The van der Waals surface area contributed by atoms with E-state index in [9.17, 15) is 4.79 Å². The summed E-state index contributed by atoms with van der Waals surface area (Å²) >= 11 is 0. The number of nitriles is 2. The fourth-order valence-corrected chi connectivity index (χ4v) is 2.28. The zero-order valence-corrected chi connectivity index (χ0v) is 13.5. The Labute approximate surface area is 139 Å². The molecule has 1 aromatic heterocycles. The SMILES string of the molecule is CC(C)(CCc1ccc(-n2nc(C#N)cc2C#N)cc1)OC(N)=O. The highest BCUT2D eigenvalue weighted by Gasteiger charge is 2.21. The minimum atomic E-state index is -0.786. The van der Waals surface area contributed by atoms with Crippen LogP contribution in [0.5, 0.6) is 0 Å². The predicted octanol–water partition coefficient (Wildman–Crippen LogP) is 2.42. The average molecular weight is 323 g/mol. The number of benzene rings is 1. The lowest BCUT2D eigenvalue weighted by atomic mass is 9.98. The van der Waals surface area contributed by atoms with Crippen LogP contribution in [-0.2, 0) is 11.2 Å². The van der Waals surface area contributed by atoms with Crippen LogP contribution in [0, 0.1) is 22.7 Å². The second kappa shape index (κ2) is 6.84. The third-order valence-corrected chi connectivity index (χ3v) is 3.51. The topological polar surface area (TPSA) is 118 Å². The first kappa shape index (κ1) is 17.0. The highest BCUT2D eigenvalue weighted by atomic mass is 16.6. The number of hydrogen-bond acceptors (Lipinski definition) is 5. The molecule has 0 saturated carbocycles. The van der Waals surface area contributed by atoms with Gasteiger partial charge in [0.2, 0.25) is 0 Å². The number of carbonyl (C=O) groups is 1. The van der Waals surface area contributed by atoms with Crippen LogP contribution in [0.1, 0.15) is 37.2 Å². The molecule has 0 fully saturated rings. The molecule has 1 amide bonds. The van der Waals surface area contributed by atoms with E-state index in [1.54, 1.807) is 13.8 Å². The van der Waals surface area contributed by atoms with Crippen molar-refractivity contribution in [2.45, 2.75) is 32.3 Å². The molecular formula is C17H17N5O2. The quantitative estimate of drug-likeness (QED) is 0.906. The van der Waals surface area contributed by atoms with E-state index in [-0.39, 0.29) is 5.69 Å². The molecule has 1 heterocycles. The van der Waals surface area contributed by atoms with Crippen LogP contribution >= 0.6 is 0 Å². The molecule has 0 aliphatic heterocycles. The molecule has 2 N–H and O–H groups in total. The summed E-state index contributed by atoms with van der Waals surface area (Å²) in [5, 5.41) is 22.1. The van der Waals surface area contributed by atoms with E-state index in [1.165, 1.54) is 10.7 Å². The third kappa shape index (κ3) is 4.11. The molecule has 0 bridgehead atoms. The number of rotatable bonds is 5. The highest BCUT2D eigenvalue weighted by molar-refractivity contribution is 5.65. The molecule has 0 spiro atoms. The molecule has 0 radical (unpaired) electrons. The van der Waals surface area contributed by atoms with Gasteiger partial charge in [0.1, 0.15) is 23.4 Å². The highest BCUT2D eigenvalue weighted by Crippen LogP contribution is 2.19. The van der Waals surface area contributed by atoms with Gasteiger partial charge in [0.25, 0.3) is 0 Å². The molecule has 2 aromatic rings. The van der Waals surface area contributed by atoms with Gasteiger partial charge in [-0.15, -0.1) is 0 Å². The van der Waals surface area contributed by atoms with Crippen LogP contribution in [0.15, 0.2) is 30.3 Å². The van der Waals surface area contributed by atoms with E-state index in [4.69, 9.17) is 21.0 Å². The van der Waals surface area contributed by atoms with Crippen molar-refractivity contribution in [3.05, 3.63) is 47.3 Å². The largest absolute Gasteiger partial charge is 0.444 e. The van der Waals surface area contributed by atoms with Crippen molar-refractivity contribution in [2.24, 2.45) is 5.73 Å². The number of aryl methyl sites for hydroxylation is 1. The molecule has 0 atom stereocenters. The van der Waals surface area contributed by atoms with Crippen molar-refractivity contribution in [3.8, 4) is 17.8 Å². The maximum atomic E-state index is 10.9. The maximum absolute atomic E-state index is 10.9. The lowest BCUT2D eigenvalue weighted by Crippen LogP contribution is -2.31. The van der Waals surface area contributed by atoms with Crippen molar-refractivity contribution in [1.82, 2.24) is 9.78 Å². The number of primary amides is 1. The number of hydrogen-bond donors (Lipinski definition) is 1. The van der Waals surface area contributed by atoms with Gasteiger partial charge in [-0.1, -0.05) is 12.1 Å². The van der Waals surface area contributed by atoms with Crippen molar-refractivity contribution < 1.29 is 9.53 Å². The van der Waals surface area contributed by atoms with Crippen LogP contribution in [-0.4, -0.2) is 21.5 Å². The lowest BCUT2D eigenvalue weighted by molar-refractivity contribution is 0.0394. The summed E-state index contributed by atoms with van der Waals surface area (Å²) in [7, 11) is 0. The van der Waals surface area contributed by atoms with Gasteiger partial charge in [-0.05, 0) is 44.4 Å². The number of carbonyl (C=O) groups excluding carboxylic acids is 1. The Hall–Kier alpha value is -3.32. The number of nitrogens with zero attached hydrogens (tertiary/aromatic N) is 4. The fourth-order valence-electron chi connectivity index (χ4n) is 2.28. The molecule has 0 saturated heterocycles. The van der Waals surface area contributed by atoms with Gasteiger partial charge >= 0.3 is 6.09 Å². The third-order valence-electron chi connectivity index (χ3n) is 3.51. The molecular weight excluding hydrogens is 306 g/mol. The summed E-state index contributed by atoms with van der Waals surface area (Å²) in [6.07, 6.45) is 0.541. The number of amides is 1.